The molecule has 0 radical (unpaired) electrons. The molecule has 0 saturated heterocycles. The lowest BCUT2D eigenvalue weighted by Crippen LogP contribution is -1.99. The van der Waals surface area contributed by atoms with E-state index in [1.54, 1.807) is 61.8 Å². The van der Waals surface area contributed by atoms with Crippen molar-refractivity contribution in [3.05, 3.63) is 96.8 Å². The highest BCUT2D eigenvalue weighted by Crippen LogP contribution is 2.31. The van der Waals surface area contributed by atoms with Gasteiger partial charge < -0.3 is 19.2 Å². The number of anilines is 1. The van der Waals surface area contributed by atoms with E-state index in [4.69, 9.17) is 21.1 Å². The Labute approximate surface area is 223 Å². The van der Waals surface area contributed by atoms with Crippen molar-refractivity contribution < 1.29 is 18.3 Å². The van der Waals surface area contributed by atoms with Crippen LogP contribution in [0.1, 0.15) is 5.56 Å². The number of carbonyl (C=O) groups excluding carboxylic acids is 1. The molecule has 1 aromatic carbocycles. The van der Waals surface area contributed by atoms with Gasteiger partial charge in [0.15, 0.2) is 11.6 Å². The molecule has 0 unspecified atom stereocenters. The molecular formula is C26H26ClF2N7O2. The predicted molar refractivity (Wildman–Crippen MR) is 144 cm³/mol. The fraction of sp³-hybridized carbons (Fsp3) is 0.115. The van der Waals surface area contributed by atoms with Crippen LogP contribution in [0, 0.1) is 18.6 Å². The number of fused-ring (bicyclic) bond motifs is 1. The fourth-order valence-electron chi connectivity index (χ4n) is 3.38. The van der Waals surface area contributed by atoms with E-state index in [0.717, 1.165) is 11.1 Å². The average Bonchev–Trinajstić information content (AvgIpc) is 3.61. The molecule has 4 heterocycles. The number of benzene rings is 1. The first kappa shape index (κ1) is 29.6. The normalized spacial score (nSPS) is 9.74. The molecule has 0 atom stereocenters. The maximum atomic E-state index is 14.5. The molecule has 0 fully saturated rings. The number of aromatic nitrogens is 6. The molecule has 0 bridgehead atoms. The third-order valence-corrected chi connectivity index (χ3v) is 5.20. The van der Waals surface area contributed by atoms with Crippen LogP contribution in [0.25, 0.3) is 22.5 Å². The maximum absolute atomic E-state index is 14.5. The van der Waals surface area contributed by atoms with E-state index in [0.29, 0.717) is 22.3 Å². The minimum Gasteiger partial charge on any atom is -0.481 e. The summed E-state index contributed by atoms with van der Waals surface area (Å²) >= 11 is 5.66. The van der Waals surface area contributed by atoms with Crippen LogP contribution < -0.4 is 10.1 Å². The van der Waals surface area contributed by atoms with Gasteiger partial charge in [0.2, 0.25) is 5.88 Å². The summed E-state index contributed by atoms with van der Waals surface area (Å²) in [5.74, 6) is -0.0377. The molecule has 5 rings (SSSR count). The minimum atomic E-state index is -0.631. The van der Waals surface area contributed by atoms with Gasteiger partial charge >= 0.3 is 0 Å². The van der Waals surface area contributed by atoms with Gasteiger partial charge in [0.1, 0.15) is 18.9 Å². The molecule has 5 aromatic rings. The van der Waals surface area contributed by atoms with Crippen molar-refractivity contribution in [2.45, 2.75) is 6.92 Å². The number of rotatable bonds is 4. The monoisotopic (exact) mass is 541 g/mol. The van der Waals surface area contributed by atoms with Crippen LogP contribution in [0.15, 0.2) is 74.6 Å². The summed E-state index contributed by atoms with van der Waals surface area (Å²) in [6.07, 6.45) is 7.98. The Morgan fingerprint density at radius 2 is 1.84 bits per heavy atom. The molecular weight excluding hydrogens is 516 g/mol. The number of nitrogens with zero attached hydrogens (tertiary/aromatic N) is 6. The molecule has 4 aromatic heterocycles. The van der Waals surface area contributed by atoms with Crippen LogP contribution in [-0.4, -0.2) is 50.3 Å². The highest BCUT2D eigenvalue weighted by molar-refractivity contribution is 6.30. The average molecular weight is 542 g/mol. The molecule has 0 saturated carbocycles. The summed E-state index contributed by atoms with van der Waals surface area (Å²) in [4.78, 5) is 16.2. The number of carbonyl (C=O) groups is 1. The van der Waals surface area contributed by atoms with Gasteiger partial charge in [0.25, 0.3) is 0 Å². The highest BCUT2D eigenvalue weighted by Gasteiger charge is 2.16. The van der Waals surface area contributed by atoms with E-state index in [1.165, 1.54) is 16.8 Å². The quantitative estimate of drug-likeness (QED) is 0.297. The standard InChI is InChI=1S/C16H12F2N6.C7H8ClNO.C2H4.CH2O/c1-19-12-4-3-11(17)14(15(12)18)10-2-5-13-16(20-9-23(13)8-10)24-7-6-21-22-24;1-5-3-6(8)4-9-7(5)10-2;2*1-2/h2-9,19H,1H3;3-4H,1-2H3;1-2H2;1H2. The Morgan fingerprint density at radius 3 is 2.45 bits per heavy atom. The first-order valence-corrected chi connectivity index (χ1v) is 11.2. The number of hydrogen-bond donors (Lipinski definition) is 1. The number of hydrogen-bond acceptors (Lipinski definition) is 7. The zero-order valence-corrected chi connectivity index (χ0v) is 21.8. The summed E-state index contributed by atoms with van der Waals surface area (Å²) in [7, 11) is 3.17. The van der Waals surface area contributed by atoms with E-state index < -0.39 is 11.6 Å². The Hall–Kier alpha value is -4.64. The van der Waals surface area contributed by atoms with E-state index >= 15 is 0 Å². The SMILES string of the molecule is C=C.C=O.CNc1ccc(F)c(-c2ccc3c(-n4ccnn4)ncn3c2)c1F.COc1ncc(Cl)cc1C. The van der Waals surface area contributed by atoms with Crippen molar-refractivity contribution in [2.75, 3.05) is 19.5 Å². The van der Waals surface area contributed by atoms with Crippen LogP contribution in [0.3, 0.4) is 0 Å². The van der Waals surface area contributed by atoms with Crippen molar-refractivity contribution in [1.29, 1.82) is 0 Å². The van der Waals surface area contributed by atoms with Gasteiger partial charge in [-0.05, 0) is 31.2 Å². The third kappa shape index (κ3) is 6.56. The van der Waals surface area contributed by atoms with Crippen LogP contribution in [0.2, 0.25) is 5.02 Å². The van der Waals surface area contributed by atoms with Crippen LogP contribution in [0.5, 0.6) is 5.88 Å². The first-order chi connectivity index (χ1) is 18.4. The number of pyridine rings is 2. The van der Waals surface area contributed by atoms with Crippen molar-refractivity contribution in [2.24, 2.45) is 0 Å². The van der Waals surface area contributed by atoms with Crippen LogP contribution in [-0.2, 0) is 4.79 Å². The summed E-state index contributed by atoms with van der Waals surface area (Å²) in [6.45, 7) is 9.90. The first-order valence-electron chi connectivity index (χ1n) is 10.9. The van der Waals surface area contributed by atoms with Gasteiger partial charge in [-0.3, -0.25) is 0 Å². The van der Waals surface area contributed by atoms with Gasteiger partial charge in [-0.1, -0.05) is 22.9 Å². The van der Waals surface area contributed by atoms with Crippen molar-refractivity contribution in [1.82, 2.24) is 29.4 Å². The molecule has 0 aliphatic heterocycles. The Morgan fingerprint density at radius 1 is 1.11 bits per heavy atom. The number of methoxy groups -OCH3 is 1. The second-order valence-electron chi connectivity index (χ2n) is 7.14. The van der Waals surface area contributed by atoms with Gasteiger partial charge in [0.05, 0.1) is 41.3 Å². The lowest BCUT2D eigenvalue weighted by molar-refractivity contribution is -0.0980. The second-order valence-corrected chi connectivity index (χ2v) is 7.58. The summed E-state index contributed by atoms with van der Waals surface area (Å²) in [5.41, 5.74) is 2.27. The van der Waals surface area contributed by atoms with Crippen molar-refractivity contribution in [3.63, 3.8) is 0 Å². The van der Waals surface area contributed by atoms with E-state index in [1.807, 2.05) is 19.8 Å². The third-order valence-electron chi connectivity index (χ3n) is 4.99. The van der Waals surface area contributed by atoms with Crippen LogP contribution >= 0.6 is 11.6 Å². The van der Waals surface area contributed by atoms with E-state index in [9.17, 15) is 8.78 Å². The molecule has 0 amide bonds. The molecule has 0 aliphatic carbocycles. The largest absolute Gasteiger partial charge is 0.481 e. The lowest BCUT2D eigenvalue weighted by Gasteiger charge is -2.10. The fourth-order valence-corrected chi connectivity index (χ4v) is 3.60. The predicted octanol–water partition coefficient (Wildman–Crippen LogP) is 5.57. The number of aryl methyl sites for hydroxylation is 1. The maximum Gasteiger partial charge on any atom is 0.216 e. The highest BCUT2D eigenvalue weighted by atomic mass is 35.5. The number of imidazole rings is 1. The number of nitrogens with one attached hydrogen (secondary N) is 1. The van der Waals surface area contributed by atoms with Crippen molar-refractivity contribution in [3.8, 4) is 22.8 Å². The van der Waals surface area contributed by atoms with Gasteiger partial charge in [-0.25, -0.2) is 23.4 Å². The molecule has 38 heavy (non-hydrogen) atoms. The molecule has 0 spiro atoms. The van der Waals surface area contributed by atoms with Gasteiger partial charge in [0, 0.05) is 30.6 Å². The minimum absolute atomic E-state index is 0.0836. The van der Waals surface area contributed by atoms with Gasteiger partial charge in [-0.2, -0.15) is 0 Å². The topological polar surface area (TPSA) is 99.2 Å². The van der Waals surface area contributed by atoms with Gasteiger partial charge in [-0.15, -0.1) is 18.3 Å². The number of ether oxygens (including phenoxy) is 1. The molecule has 12 heteroatoms. The van der Waals surface area contributed by atoms with Crippen LogP contribution in [0.4, 0.5) is 14.5 Å². The zero-order chi connectivity index (χ0) is 28.2. The Kier molecular flexibility index (Phi) is 11.0. The molecule has 9 nitrogen and oxygen atoms in total. The molecule has 0 aliphatic rings. The van der Waals surface area contributed by atoms with E-state index in [2.05, 4.69) is 38.8 Å². The summed E-state index contributed by atoms with van der Waals surface area (Å²) in [5, 5.41) is 11.0. The van der Waals surface area contributed by atoms with Crippen molar-refractivity contribution >= 4 is 29.6 Å². The number of halogens is 3. The second kappa shape index (κ2) is 14.2. The Balaban J connectivity index is 0.000000304. The molecule has 1 N–H and O–H groups in total. The summed E-state index contributed by atoms with van der Waals surface area (Å²) in [6, 6.07) is 7.81. The Bertz CT molecular complexity index is 1470. The summed E-state index contributed by atoms with van der Waals surface area (Å²) < 4.78 is 36.8. The zero-order valence-electron chi connectivity index (χ0n) is 21.0. The van der Waals surface area contributed by atoms with E-state index in [-0.39, 0.29) is 11.3 Å². The lowest BCUT2D eigenvalue weighted by atomic mass is 10.0. The smallest absolute Gasteiger partial charge is 0.216 e. The molecule has 198 valence electrons.